The lowest BCUT2D eigenvalue weighted by Crippen LogP contribution is -2.21. The molecule has 0 unspecified atom stereocenters. The maximum Gasteiger partial charge on any atom is 0.262 e. The van der Waals surface area contributed by atoms with Crippen molar-refractivity contribution >= 4 is 11.6 Å². The summed E-state index contributed by atoms with van der Waals surface area (Å²) in [6.07, 6.45) is 0.664. The van der Waals surface area contributed by atoms with Crippen LogP contribution in [0.15, 0.2) is 72.8 Å². The molecule has 0 radical (unpaired) electrons. The smallest absolute Gasteiger partial charge is 0.262 e. The summed E-state index contributed by atoms with van der Waals surface area (Å²) < 4.78 is 32.4. The van der Waals surface area contributed by atoms with Crippen LogP contribution in [-0.4, -0.2) is 12.5 Å². The van der Waals surface area contributed by atoms with E-state index in [4.69, 9.17) is 4.74 Å². The van der Waals surface area contributed by atoms with E-state index in [0.717, 1.165) is 17.2 Å². The minimum absolute atomic E-state index is 0.212. The van der Waals surface area contributed by atoms with Gasteiger partial charge in [-0.25, -0.2) is 8.78 Å². The van der Waals surface area contributed by atoms with Crippen molar-refractivity contribution < 1.29 is 18.3 Å². The highest BCUT2D eigenvalue weighted by molar-refractivity contribution is 5.92. The number of hydrogen-bond donors (Lipinski definition) is 1. The van der Waals surface area contributed by atoms with E-state index in [2.05, 4.69) is 5.32 Å². The van der Waals surface area contributed by atoms with Crippen LogP contribution in [0.25, 0.3) is 0 Å². The van der Waals surface area contributed by atoms with Gasteiger partial charge in [0, 0.05) is 6.42 Å². The number of carbonyl (C=O) groups excluding carboxylic acids is 1. The molecule has 26 heavy (non-hydrogen) atoms. The molecule has 3 rings (SSSR count). The Labute approximate surface area is 150 Å². The van der Waals surface area contributed by atoms with Gasteiger partial charge < -0.3 is 10.1 Å². The fraction of sp³-hybridized carbons (Fsp3) is 0.0952. The average molecular weight is 353 g/mol. The first-order chi connectivity index (χ1) is 12.6. The minimum atomic E-state index is -1.09. The van der Waals surface area contributed by atoms with Gasteiger partial charge in [-0.2, -0.15) is 0 Å². The molecule has 3 aromatic rings. The number of halogens is 2. The molecule has 1 N–H and O–H groups in total. The summed E-state index contributed by atoms with van der Waals surface area (Å²) in [5.41, 5.74) is 1.84. The molecule has 0 bridgehead atoms. The summed E-state index contributed by atoms with van der Waals surface area (Å²) in [7, 11) is 0. The Bertz CT molecular complexity index is 898. The van der Waals surface area contributed by atoms with Gasteiger partial charge in [0.15, 0.2) is 18.2 Å². The summed E-state index contributed by atoms with van der Waals surface area (Å²) >= 11 is 0. The molecule has 0 heterocycles. The zero-order valence-corrected chi connectivity index (χ0v) is 13.9. The van der Waals surface area contributed by atoms with Crippen molar-refractivity contribution in [3.8, 4) is 5.75 Å². The second-order valence-corrected chi connectivity index (χ2v) is 5.71. The number of anilines is 1. The van der Waals surface area contributed by atoms with E-state index in [1.165, 1.54) is 12.1 Å². The summed E-state index contributed by atoms with van der Waals surface area (Å²) in [5.74, 6) is -2.10. The topological polar surface area (TPSA) is 38.3 Å². The first-order valence-corrected chi connectivity index (χ1v) is 8.12. The molecule has 3 aromatic carbocycles. The van der Waals surface area contributed by atoms with Gasteiger partial charge >= 0.3 is 0 Å². The van der Waals surface area contributed by atoms with Crippen molar-refractivity contribution in [2.75, 3.05) is 11.9 Å². The lowest BCUT2D eigenvalue weighted by atomic mass is 10.0. The molecule has 0 aliphatic heterocycles. The zero-order chi connectivity index (χ0) is 18.4. The number of rotatable bonds is 6. The van der Waals surface area contributed by atoms with Gasteiger partial charge in [0.25, 0.3) is 5.91 Å². The van der Waals surface area contributed by atoms with E-state index >= 15 is 0 Å². The van der Waals surface area contributed by atoms with Crippen molar-refractivity contribution in [2.24, 2.45) is 0 Å². The molecule has 1 amide bonds. The van der Waals surface area contributed by atoms with Gasteiger partial charge in [-0.15, -0.1) is 0 Å². The molecule has 3 nitrogen and oxygen atoms in total. The third-order valence-electron chi connectivity index (χ3n) is 3.79. The fourth-order valence-electron chi connectivity index (χ4n) is 2.54. The summed E-state index contributed by atoms with van der Waals surface area (Å²) in [6.45, 7) is -0.304. The highest BCUT2D eigenvalue weighted by atomic mass is 19.2. The third kappa shape index (κ3) is 4.45. The molecule has 0 spiro atoms. The van der Waals surface area contributed by atoms with Crippen molar-refractivity contribution in [1.29, 1.82) is 0 Å². The highest BCUT2D eigenvalue weighted by Crippen LogP contribution is 2.22. The third-order valence-corrected chi connectivity index (χ3v) is 3.79. The first-order valence-electron chi connectivity index (χ1n) is 8.12. The molecule has 0 saturated heterocycles. The number of ether oxygens (including phenoxy) is 1. The normalized spacial score (nSPS) is 10.4. The lowest BCUT2D eigenvalue weighted by molar-refractivity contribution is -0.118. The Morgan fingerprint density at radius 3 is 2.42 bits per heavy atom. The van der Waals surface area contributed by atoms with Gasteiger partial charge in [0.1, 0.15) is 5.75 Å². The predicted octanol–water partition coefficient (Wildman–Crippen LogP) is 4.57. The van der Waals surface area contributed by atoms with Crippen LogP contribution >= 0.6 is 0 Å². The number of para-hydroxylation sites is 1. The van der Waals surface area contributed by atoms with E-state index < -0.39 is 17.5 Å². The highest BCUT2D eigenvalue weighted by Gasteiger charge is 2.12. The quantitative estimate of drug-likeness (QED) is 0.705. The molecule has 0 aliphatic carbocycles. The lowest BCUT2D eigenvalue weighted by Gasteiger charge is -2.12. The molecule has 132 valence electrons. The maximum atomic E-state index is 13.6. The Kier molecular flexibility index (Phi) is 5.59. The number of benzene rings is 3. The van der Waals surface area contributed by atoms with Crippen LogP contribution in [0.2, 0.25) is 0 Å². The van der Waals surface area contributed by atoms with Gasteiger partial charge in [-0.1, -0.05) is 54.6 Å². The molecule has 5 heteroatoms. The van der Waals surface area contributed by atoms with Crippen molar-refractivity contribution in [1.82, 2.24) is 0 Å². The largest absolute Gasteiger partial charge is 0.483 e. The number of nitrogens with one attached hydrogen (secondary N) is 1. The molecular weight excluding hydrogens is 336 g/mol. The van der Waals surface area contributed by atoms with Crippen LogP contribution in [-0.2, 0) is 11.2 Å². The summed E-state index contributed by atoms with van der Waals surface area (Å²) in [4.78, 5) is 12.0. The van der Waals surface area contributed by atoms with Crippen LogP contribution in [0.3, 0.4) is 0 Å². The monoisotopic (exact) mass is 353 g/mol. The van der Waals surface area contributed by atoms with Crippen LogP contribution in [0.5, 0.6) is 5.75 Å². The minimum Gasteiger partial charge on any atom is -0.483 e. The SMILES string of the molecule is O=C(COc1ccccc1Cc1ccccc1)Nc1cccc(F)c1F. The first kappa shape index (κ1) is 17.6. The zero-order valence-electron chi connectivity index (χ0n) is 13.9. The van der Waals surface area contributed by atoms with Gasteiger partial charge in [-0.3, -0.25) is 4.79 Å². The Morgan fingerprint density at radius 2 is 1.62 bits per heavy atom. The van der Waals surface area contributed by atoms with E-state index in [-0.39, 0.29) is 12.3 Å². The van der Waals surface area contributed by atoms with Gasteiger partial charge in [0.05, 0.1) is 5.69 Å². The van der Waals surface area contributed by atoms with Crippen LogP contribution in [0.1, 0.15) is 11.1 Å². The Morgan fingerprint density at radius 1 is 0.885 bits per heavy atom. The summed E-state index contributed by atoms with van der Waals surface area (Å²) in [6, 6.07) is 20.9. The van der Waals surface area contributed by atoms with Gasteiger partial charge in [-0.05, 0) is 29.3 Å². The summed E-state index contributed by atoms with van der Waals surface area (Å²) in [5, 5.41) is 2.31. The molecule has 0 atom stereocenters. The molecular formula is C21H17F2NO2. The van der Waals surface area contributed by atoms with E-state index in [9.17, 15) is 13.6 Å². The van der Waals surface area contributed by atoms with E-state index in [0.29, 0.717) is 12.2 Å². The van der Waals surface area contributed by atoms with Crippen molar-refractivity contribution in [2.45, 2.75) is 6.42 Å². The van der Waals surface area contributed by atoms with Crippen LogP contribution < -0.4 is 10.1 Å². The standard InChI is InChI=1S/C21H17F2NO2/c22-17-10-6-11-18(21(17)23)24-20(25)14-26-19-12-5-4-9-16(19)13-15-7-2-1-3-8-15/h1-12H,13-14H2,(H,24,25). The van der Waals surface area contributed by atoms with Crippen molar-refractivity contribution in [3.63, 3.8) is 0 Å². The van der Waals surface area contributed by atoms with E-state index in [1.807, 2.05) is 48.5 Å². The molecule has 0 fully saturated rings. The Hall–Kier alpha value is -3.21. The fourth-order valence-corrected chi connectivity index (χ4v) is 2.54. The number of carbonyl (C=O) groups is 1. The predicted molar refractivity (Wildman–Crippen MR) is 96.2 cm³/mol. The van der Waals surface area contributed by atoms with E-state index in [1.54, 1.807) is 6.07 Å². The molecule has 0 aromatic heterocycles. The average Bonchev–Trinajstić information content (AvgIpc) is 2.66. The van der Waals surface area contributed by atoms with Gasteiger partial charge in [0.2, 0.25) is 0 Å². The molecule has 0 aliphatic rings. The Balaban J connectivity index is 1.64. The van der Waals surface area contributed by atoms with Crippen LogP contribution in [0.4, 0.5) is 14.5 Å². The second-order valence-electron chi connectivity index (χ2n) is 5.71. The van der Waals surface area contributed by atoms with Crippen molar-refractivity contribution in [3.05, 3.63) is 95.6 Å². The maximum absolute atomic E-state index is 13.6. The number of amides is 1. The second kappa shape index (κ2) is 8.25. The number of hydrogen-bond acceptors (Lipinski definition) is 2. The molecule has 0 saturated carbocycles. The van der Waals surface area contributed by atoms with Crippen LogP contribution in [0, 0.1) is 11.6 Å².